The van der Waals surface area contributed by atoms with Gasteiger partial charge in [-0.25, -0.2) is 0 Å². The molecule has 4 rings (SSSR count). The molecule has 3 aromatic rings. The van der Waals surface area contributed by atoms with Crippen molar-refractivity contribution in [2.24, 2.45) is 7.05 Å². The second-order valence-corrected chi connectivity index (χ2v) is 8.90. The van der Waals surface area contributed by atoms with E-state index in [1.54, 1.807) is 26.2 Å². The van der Waals surface area contributed by atoms with Crippen LogP contribution in [0.2, 0.25) is 0 Å². The number of carbonyl (C=O) groups excluding carboxylic acids is 1. The fourth-order valence-corrected chi connectivity index (χ4v) is 4.74. The molecule has 0 saturated carbocycles. The maximum absolute atomic E-state index is 13.3. The highest BCUT2D eigenvalue weighted by atomic mass is 16.5. The number of rotatable bonds is 9. The van der Waals surface area contributed by atoms with E-state index in [2.05, 4.69) is 10.4 Å². The zero-order valence-corrected chi connectivity index (χ0v) is 21.1. The largest absolute Gasteiger partial charge is 0.493 e. The van der Waals surface area contributed by atoms with Crippen molar-refractivity contribution in [2.75, 3.05) is 28.4 Å². The van der Waals surface area contributed by atoms with Crippen LogP contribution in [-0.4, -0.2) is 55.0 Å². The maximum atomic E-state index is 13.3. The van der Waals surface area contributed by atoms with Gasteiger partial charge >= 0.3 is 0 Å². The Kier molecular flexibility index (Phi) is 7.60. The van der Waals surface area contributed by atoms with E-state index in [1.807, 2.05) is 61.2 Å². The predicted octanol–water partition coefficient (Wildman–Crippen LogP) is 3.37. The normalized spacial score (nSPS) is 14.8. The summed E-state index contributed by atoms with van der Waals surface area (Å²) in [6.07, 6.45) is 2.61. The summed E-state index contributed by atoms with van der Waals surface area (Å²) >= 11 is 0. The molecule has 0 spiro atoms. The molecule has 0 bridgehead atoms. The Hall–Kier alpha value is -3.52. The molecule has 8 nitrogen and oxygen atoms in total. The molecule has 35 heavy (non-hydrogen) atoms. The number of aryl methyl sites for hydroxylation is 1. The summed E-state index contributed by atoms with van der Waals surface area (Å²) < 4.78 is 18.3. The van der Waals surface area contributed by atoms with Crippen LogP contribution < -0.4 is 19.5 Å². The molecule has 1 aliphatic rings. The first-order valence-corrected chi connectivity index (χ1v) is 11.8. The van der Waals surface area contributed by atoms with E-state index < -0.39 is 0 Å². The molecule has 0 aliphatic heterocycles. The summed E-state index contributed by atoms with van der Waals surface area (Å²) in [6.45, 7) is 1.20. The van der Waals surface area contributed by atoms with Crippen molar-refractivity contribution in [3.63, 3.8) is 0 Å². The topological polar surface area (TPSA) is 77.9 Å². The van der Waals surface area contributed by atoms with E-state index >= 15 is 0 Å². The Morgan fingerprint density at radius 2 is 1.77 bits per heavy atom. The molecule has 1 atom stereocenters. The third-order valence-corrected chi connectivity index (χ3v) is 6.59. The molecule has 2 aromatic carbocycles. The second kappa shape index (κ2) is 10.8. The van der Waals surface area contributed by atoms with Gasteiger partial charge in [0.25, 0.3) is 5.91 Å². The Bertz CT molecular complexity index is 1150. The maximum Gasteiger partial charge on any atom is 0.274 e. The van der Waals surface area contributed by atoms with Gasteiger partial charge in [0.15, 0.2) is 17.2 Å². The minimum Gasteiger partial charge on any atom is -0.493 e. The monoisotopic (exact) mass is 478 g/mol. The fraction of sp³-hybridized carbons (Fsp3) is 0.407. The number of nitrogens with one attached hydrogen (secondary N) is 1. The number of ether oxygens (including phenoxy) is 3. The lowest BCUT2D eigenvalue weighted by atomic mass is 9.91. The van der Waals surface area contributed by atoms with Crippen LogP contribution in [0.15, 0.2) is 42.5 Å². The van der Waals surface area contributed by atoms with Gasteiger partial charge in [0.2, 0.25) is 5.75 Å². The van der Waals surface area contributed by atoms with Gasteiger partial charge in [0.1, 0.15) is 0 Å². The highest BCUT2D eigenvalue weighted by Gasteiger charge is 2.29. The first-order chi connectivity index (χ1) is 16.9. The second-order valence-electron chi connectivity index (χ2n) is 8.90. The number of hydrogen-bond donors (Lipinski definition) is 1. The van der Waals surface area contributed by atoms with Crippen LogP contribution in [0, 0.1) is 0 Å². The Balaban J connectivity index is 1.47. The summed E-state index contributed by atoms with van der Waals surface area (Å²) in [7, 11) is 8.59. The van der Waals surface area contributed by atoms with Crippen molar-refractivity contribution in [1.29, 1.82) is 0 Å². The molecule has 1 unspecified atom stereocenters. The highest BCUT2D eigenvalue weighted by Crippen LogP contribution is 2.38. The smallest absolute Gasteiger partial charge is 0.274 e. The number of hydrogen-bond acceptors (Lipinski definition) is 6. The van der Waals surface area contributed by atoms with E-state index in [0.29, 0.717) is 36.0 Å². The molecule has 1 aromatic heterocycles. The molecule has 1 aliphatic carbocycles. The summed E-state index contributed by atoms with van der Waals surface area (Å²) in [4.78, 5) is 15.1. The van der Waals surface area contributed by atoms with Gasteiger partial charge in [-0.05, 0) is 42.5 Å². The van der Waals surface area contributed by atoms with Gasteiger partial charge in [-0.2, -0.15) is 5.10 Å². The van der Waals surface area contributed by atoms with Crippen LogP contribution in [0.5, 0.6) is 17.2 Å². The third kappa shape index (κ3) is 5.27. The van der Waals surface area contributed by atoms with Crippen molar-refractivity contribution in [1.82, 2.24) is 20.0 Å². The molecular formula is C27H34N4O4. The van der Waals surface area contributed by atoms with Crippen molar-refractivity contribution >= 4 is 5.91 Å². The van der Waals surface area contributed by atoms with Gasteiger partial charge in [0.05, 0.1) is 21.3 Å². The minimum atomic E-state index is -0.0454. The minimum absolute atomic E-state index is 0.0454. The SMILES string of the molecule is COc1cc(CNC2CCc3c(c(C(=O)N(C)Cc4ccccc4)nn3C)C2)cc(OC)c1OC. The molecule has 1 amide bonds. The molecule has 8 heteroatoms. The van der Waals surface area contributed by atoms with Gasteiger partial charge in [-0.3, -0.25) is 9.48 Å². The number of aromatic nitrogens is 2. The standard InChI is InChI=1S/C27H34N4O4/c1-30(17-18-9-7-6-8-10-18)27(32)25-21-15-20(11-12-22(21)31(2)29-25)28-16-19-13-23(33-3)26(35-5)24(14-19)34-4/h6-10,13-14,20,28H,11-12,15-17H2,1-5H3. The summed E-state index contributed by atoms with van der Waals surface area (Å²) in [5.41, 5.74) is 4.88. The van der Waals surface area contributed by atoms with Crippen LogP contribution in [0.25, 0.3) is 0 Å². The average Bonchev–Trinajstić information content (AvgIpc) is 3.22. The first kappa shape index (κ1) is 24.6. The number of amides is 1. The van der Waals surface area contributed by atoms with Crippen molar-refractivity contribution < 1.29 is 19.0 Å². The van der Waals surface area contributed by atoms with E-state index in [9.17, 15) is 4.79 Å². The molecule has 1 N–H and O–H groups in total. The summed E-state index contributed by atoms with van der Waals surface area (Å²) in [6, 6.07) is 14.2. The lowest BCUT2D eigenvalue weighted by Gasteiger charge is -2.25. The van der Waals surface area contributed by atoms with Gasteiger partial charge < -0.3 is 24.4 Å². The van der Waals surface area contributed by atoms with Crippen molar-refractivity contribution in [3.05, 3.63) is 70.5 Å². The van der Waals surface area contributed by atoms with Crippen LogP contribution >= 0.6 is 0 Å². The summed E-state index contributed by atoms with van der Waals surface area (Å²) in [5, 5.41) is 8.27. The predicted molar refractivity (Wildman–Crippen MR) is 134 cm³/mol. The van der Waals surface area contributed by atoms with Crippen molar-refractivity contribution in [3.8, 4) is 17.2 Å². The number of fused-ring (bicyclic) bond motifs is 1. The molecule has 0 saturated heterocycles. The number of nitrogens with zero attached hydrogens (tertiary/aromatic N) is 3. The number of methoxy groups -OCH3 is 3. The Morgan fingerprint density at radius 3 is 2.40 bits per heavy atom. The zero-order valence-electron chi connectivity index (χ0n) is 21.1. The molecule has 0 radical (unpaired) electrons. The van der Waals surface area contributed by atoms with E-state index in [1.165, 1.54) is 0 Å². The van der Waals surface area contributed by atoms with Gasteiger partial charge in [0, 0.05) is 44.5 Å². The fourth-order valence-electron chi connectivity index (χ4n) is 4.74. The van der Waals surface area contributed by atoms with Crippen LogP contribution in [0.4, 0.5) is 0 Å². The number of carbonyl (C=O) groups is 1. The zero-order chi connectivity index (χ0) is 24.9. The van der Waals surface area contributed by atoms with Gasteiger partial charge in [-0.15, -0.1) is 0 Å². The Labute approximate surface area is 206 Å². The Morgan fingerprint density at radius 1 is 1.09 bits per heavy atom. The molecule has 0 fully saturated rings. The van der Waals surface area contributed by atoms with Crippen LogP contribution in [0.1, 0.15) is 39.3 Å². The van der Waals surface area contributed by atoms with Crippen LogP contribution in [-0.2, 0) is 33.0 Å². The van der Waals surface area contributed by atoms with Crippen molar-refractivity contribution in [2.45, 2.75) is 38.4 Å². The van der Waals surface area contributed by atoms with E-state index in [-0.39, 0.29) is 11.9 Å². The first-order valence-electron chi connectivity index (χ1n) is 11.8. The molecule has 186 valence electrons. The summed E-state index contributed by atoms with van der Waals surface area (Å²) in [5.74, 6) is 1.81. The molecular weight excluding hydrogens is 444 g/mol. The van der Waals surface area contributed by atoms with Crippen LogP contribution in [0.3, 0.4) is 0 Å². The lowest BCUT2D eigenvalue weighted by molar-refractivity contribution is 0.0777. The lowest BCUT2D eigenvalue weighted by Crippen LogP contribution is -2.35. The third-order valence-electron chi connectivity index (χ3n) is 6.59. The average molecular weight is 479 g/mol. The quantitative estimate of drug-likeness (QED) is 0.508. The number of benzene rings is 2. The van der Waals surface area contributed by atoms with E-state index in [0.717, 1.165) is 41.6 Å². The molecule has 1 heterocycles. The van der Waals surface area contributed by atoms with E-state index in [4.69, 9.17) is 14.2 Å². The van der Waals surface area contributed by atoms with Gasteiger partial charge in [-0.1, -0.05) is 30.3 Å². The highest BCUT2D eigenvalue weighted by molar-refractivity contribution is 5.94.